The zero-order valence-electron chi connectivity index (χ0n) is 16.9. The van der Waals surface area contributed by atoms with E-state index in [2.05, 4.69) is 20.4 Å². The molecule has 0 spiro atoms. The van der Waals surface area contributed by atoms with E-state index in [0.717, 1.165) is 4.90 Å². The number of amides is 2. The van der Waals surface area contributed by atoms with Crippen LogP contribution in [0.2, 0.25) is 0 Å². The van der Waals surface area contributed by atoms with Gasteiger partial charge in [0.25, 0.3) is 17.5 Å². The highest BCUT2D eigenvalue weighted by molar-refractivity contribution is 6.32. The summed E-state index contributed by atoms with van der Waals surface area (Å²) in [6.45, 7) is 0. The molecule has 2 amide bonds. The van der Waals surface area contributed by atoms with Gasteiger partial charge in [0.05, 0.1) is 6.20 Å². The summed E-state index contributed by atoms with van der Waals surface area (Å²) in [4.78, 5) is 34.5. The molecule has 3 aromatic rings. The monoisotopic (exact) mass is 479 g/mol. The number of hydrogen-bond donors (Lipinski definition) is 1. The smallest absolute Gasteiger partial charge is 0.278 e. The standard InChI is InChI=1S/C21H17ClF3N5O3/c22-18(23)20(32)30(15-3-1-12(2-4-15)16-5-6-28-33-16)17(13-9-26-11-27-10-13)19(31)29-14-7-21(24,25)8-14/h1-6,9-11,14,17-18H,7-8H2,(H,29,31)/t17-,18+/m1/s1. The van der Waals surface area contributed by atoms with Crippen molar-refractivity contribution in [1.82, 2.24) is 20.4 Å². The summed E-state index contributed by atoms with van der Waals surface area (Å²) in [5.41, 5.74) is -1.57. The van der Waals surface area contributed by atoms with Crippen LogP contribution < -0.4 is 10.2 Å². The Kier molecular flexibility index (Phi) is 6.32. The van der Waals surface area contributed by atoms with Gasteiger partial charge in [-0.3, -0.25) is 14.5 Å². The number of nitrogens with zero attached hydrogens (tertiary/aromatic N) is 4. The molecule has 0 unspecified atom stereocenters. The SMILES string of the molecule is O=C(NC1CC(F)(F)C1)[C@@H](c1cncnc1)N(C(=O)[C@H](F)Cl)c1ccc(-c2ccno2)cc1. The Morgan fingerprint density at radius 1 is 1.15 bits per heavy atom. The molecule has 0 saturated heterocycles. The quantitative estimate of drug-likeness (QED) is 0.519. The van der Waals surface area contributed by atoms with Crippen LogP contribution >= 0.6 is 11.6 Å². The largest absolute Gasteiger partial charge is 0.356 e. The second-order valence-corrected chi connectivity index (χ2v) is 7.86. The molecule has 1 aliphatic rings. The molecule has 1 saturated carbocycles. The van der Waals surface area contributed by atoms with Gasteiger partial charge < -0.3 is 9.84 Å². The second-order valence-electron chi connectivity index (χ2n) is 7.48. The van der Waals surface area contributed by atoms with Crippen molar-refractivity contribution >= 4 is 29.1 Å². The van der Waals surface area contributed by atoms with Crippen LogP contribution in [0, 0.1) is 0 Å². The molecular formula is C21H17ClF3N5O3. The Morgan fingerprint density at radius 3 is 2.36 bits per heavy atom. The maximum Gasteiger partial charge on any atom is 0.278 e. The number of nitrogens with one attached hydrogen (secondary N) is 1. The number of rotatable bonds is 7. The molecule has 2 atom stereocenters. The number of anilines is 1. The fourth-order valence-electron chi connectivity index (χ4n) is 3.57. The number of carbonyl (C=O) groups is 2. The number of aromatic nitrogens is 3. The molecule has 1 aliphatic carbocycles. The minimum absolute atomic E-state index is 0.134. The van der Waals surface area contributed by atoms with Gasteiger partial charge >= 0.3 is 0 Å². The van der Waals surface area contributed by atoms with E-state index in [9.17, 15) is 22.8 Å². The number of alkyl halides is 4. The Labute approximate surface area is 190 Å². The van der Waals surface area contributed by atoms with Crippen LogP contribution in [0.4, 0.5) is 18.9 Å². The van der Waals surface area contributed by atoms with E-state index < -0.39 is 48.3 Å². The lowest BCUT2D eigenvalue weighted by Crippen LogP contribution is -2.54. The number of halogens is 4. The average Bonchev–Trinajstić information content (AvgIpc) is 3.31. The normalized spacial score (nSPS) is 17.0. The van der Waals surface area contributed by atoms with Gasteiger partial charge in [-0.25, -0.2) is 23.1 Å². The molecular weight excluding hydrogens is 463 g/mol. The van der Waals surface area contributed by atoms with E-state index in [1.807, 2.05) is 0 Å². The van der Waals surface area contributed by atoms with Crippen LogP contribution in [-0.2, 0) is 9.59 Å². The van der Waals surface area contributed by atoms with E-state index in [-0.39, 0.29) is 11.3 Å². The van der Waals surface area contributed by atoms with Gasteiger partial charge in [0.1, 0.15) is 12.4 Å². The maximum absolute atomic E-state index is 14.0. The molecule has 1 aromatic carbocycles. The van der Waals surface area contributed by atoms with Crippen LogP contribution in [0.5, 0.6) is 0 Å². The summed E-state index contributed by atoms with van der Waals surface area (Å²) in [5, 5.41) is 6.11. The van der Waals surface area contributed by atoms with Crippen LogP contribution in [-0.4, -0.2) is 44.5 Å². The molecule has 0 bridgehead atoms. The third-order valence-corrected chi connectivity index (χ3v) is 5.32. The zero-order chi connectivity index (χ0) is 23.6. The first-order chi connectivity index (χ1) is 15.7. The highest BCUT2D eigenvalue weighted by atomic mass is 35.5. The third-order valence-electron chi connectivity index (χ3n) is 5.13. The Morgan fingerprint density at radius 2 is 1.82 bits per heavy atom. The molecule has 12 heteroatoms. The van der Waals surface area contributed by atoms with Gasteiger partial charge in [-0.15, -0.1) is 0 Å². The van der Waals surface area contributed by atoms with Crippen molar-refractivity contribution in [3.63, 3.8) is 0 Å². The third kappa shape index (κ3) is 4.98. The van der Waals surface area contributed by atoms with Crippen molar-refractivity contribution in [2.45, 2.75) is 36.5 Å². The summed E-state index contributed by atoms with van der Waals surface area (Å²) < 4.78 is 45.6. The molecule has 0 radical (unpaired) electrons. The minimum atomic E-state index is -2.87. The summed E-state index contributed by atoms with van der Waals surface area (Å²) >= 11 is 5.46. The van der Waals surface area contributed by atoms with Crippen LogP contribution in [0.3, 0.4) is 0 Å². The molecule has 8 nitrogen and oxygen atoms in total. The Bertz CT molecular complexity index is 1110. The molecule has 33 heavy (non-hydrogen) atoms. The molecule has 0 aliphatic heterocycles. The van der Waals surface area contributed by atoms with Gasteiger partial charge in [0, 0.05) is 54.2 Å². The van der Waals surface area contributed by atoms with Crippen molar-refractivity contribution < 1.29 is 27.3 Å². The molecule has 1 fully saturated rings. The maximum atomic E-state index is 14.0. The van der Waals surface area contributed by atoms with Crippen LogP contribution in [0.25, 0.3) is 11.3 Å². The van der Waals surface area contributed by atoms with E-state index in [4.69, 9.17) is 16.1 Å². The molecule has 172 valence electrons. The van der Waals surface area contributed by atoms with E-state index >= 15 is 0 Å². The van der Waals surface area contributed by atoms with Crippen LogP contribution in [0.15, 0.2) is 59.8 Å². The van der Waals surface area contributed by atoms with E-state index in [1.54, 1.807) is 18.2 Å². The number of hydrogen-bond acceptors (Lipinski definition) is 6. The van der Waals surface area contributed by atoms with Gasteiger partial charge in [-0.1, -0.05) is 16.8 Å². The lowest BCUT2D eigenvalue weighted by Gasteiger charge is -2.38. The van der Waals surface area contributed by atoms with E-state index in [1.165, 1.54) is 37.1 Å². The first-order valence-electron chi connectivity index (χ1n) is 9.80. The fourth-order valence-corrected chi connectivity index (χ4v) is 3.68. The lowest BCUT2D eigenvalue weighted by atomic mass is 9.88. The van der Waals surface area contributed by atoms with Crippen molar-refractivity contribution in [3.05, 3.63) is 60.8 Å². The van der Waals surface area contributed by atoms with Gasteiger partial charge in [-0.2, -0.15) is 0 Å². The fraction of sp³-hybridized carbons (Fsp3) is 0.286. The van der Waals surface area contributed by atoms with Crippen molar-refractivity contribution in [2.24, 2.45) is 0 Å². The van der Waals surface area contributed by atoms with Crippen molar-refractivity contribution in [2.75, 3.05) is 4.90 Å². The predicted octanol–water partition coefficient (Wildman–Crippen LogP) is 3.65. The highest BCUT2D eigenvalue weighted by Crippen LogP contribution is 2.38. The Balaban J connectivity index is 1.71. The Hall–Kier alpha value is -3.47. The van der Waals surface area contributed by atoms with Gasteiger partial charge in [0.2, 0.25) is 5.91 Å². The zero-order valence-corrected chi connectivity index (χ0v) is 17.6. The molecule has 2 heterocycles. The summed E-state index contributed by atoms with van der Waals surface area (Å²) in [6, 6.07) is 5.48. The molecule has 2 aromatic heterocycles. The van der Waals surface area contributed by atoms with Gasteiger partial charge in [0.15, 0.2) is 5.76 Å². The lowest BCUT2D eigenvalue weighted by molar-refractivity contribution is -0.133. The van der Waals surface area contributed by atoms with Crippen LogP contribution in [0.1, 0.15) is 24.4 Å². The van der Waals surface area contributed by atoms with Crippen molar-refractivity contribution in [3.8, 4) is 11.3 Å². The minimum Gasteiger partial charge on any atom is -0.356 e. The summed E-state index contributed by atoms with van der Waals surface area (Å²) in [5.74, 6) is -4.42. The van der Waals surface area contributed by atoms with Gasteiger partial charge in [-0.05, 0) is 24.3 Å². The average molecular weight is 480 g/mol. The molecule has 1 N–H and O–H groups in total. The number of carbonyl (C=O) groups excluding carboxylic acids is 2. The first kappa shape index (κ1) is 22.7. The number of benzene rings is 1. The topological polar surface area (TPSA) is 101 Å². The summed E-state index contributed by atoms with van der Waals surface area (Å²) in [7, 11) is 0. The first-order valence-corrected chi connectivity index (χ1v) is 10.2. The molecule has 4 rings (SSSR count). The second kappa shape index (κ2) is 9.18. The predicted molar refractivity (Wildman–Crippen MR) is 111 cm³/mol. The van der Waals surface area contributed by atoms with Crippen molar-refractivity contribution in [1.29, 1.82) is 0 Å². The van der Waals surface area contributed by atoms with E-state index in [0.29, 0.717) is 11.3 Å². The highest BCUT2D eigenvalue weighted by Gasteiger charge is 2.47. The summed E-state index contributed by atoms with van der Waals surface area (Å²) in [6.07, 6.45) is 4.16.